The molecular formula is C16H18ClNO2S. The second kappa shape index (κ2) is 6.50. The minimum atomic E-state index is -3.57. The lowest BCUT2D eigenvalue weighted by molar-refractivity contribution is 0.601. The van der Waals surface area contributed by atoms with Crippen LogP contribution in [0.1, 0.15) is 16.7 Å². The lowest BCUT2D eigenvalue weighted by Crippen LogP contribution is -2.14. The molecule has 0 heterocycles. The van der Waals surface area contributed by atoms with Gasteiger partial charge in [0.05, 0.1) is 10.6 Å². The zero-order valence-electron chi connectivity index (χ0n) is 12.1. The molecule has 5 heteroatoms. The number of aryl methyl sites for hydroxylation is 2. The first-order chi connectivity index (χ1) is 9.94. The Labute approximate surface area is 131 Å². The van der Waals surface area contributed by atoms with Crippen molar-refractivity contribution in [1.82, 2.24) is 0 Å². The fraction of sp³-hybridized carbons (Fsp3) is 0.250. The van der Waals surface area contributed by atoms with Crippen LogP contribution in [0.2, 0.25) is 0 Å². The highest BCUT2D eigenvalue weighted by atomic mass is 35.5. The van der Waals surface area contributed by atoms with Crippen LogP contribution in [0.4, 0.5) is 5.69 Å². The van der Waals surface area contributed by atoms with Crippen LogP contribution in [-0.2, 0) is 16.4 Å². The summed E-state index contributed by atoms with van der Waals surface area (Å²) in [5.74, 6) is 0.521. The molecular weight excluding hydrogens is 306 g/mol. The molecule has 0 aromatic heterocycles. The Bertz CT molecular complexity index is 724. The minimum Gasteiger partial charge on any atom is -0.279 e. The van der Waals surface area contributed by atoms with Gasteiger partial charge in [0.25, 0.3) is 10.0 Å². The van der Waals surface area contributed by atoms with E-state index in [9.17, 15) is 8.42 Å². The molecule has 0 saturated carbocycles. The SMILES string of the molecule is Cc1cccc(NS(=O)(=O)c2ccc(CCCl)cc2)c1C. The molecule has 0 spiro atoms. The van der Waals surface area contributed by atoms with E-state index < -0.39 is 10.0 Å². The van der Waals surface area contributed by atoms with Gasteiger partial charge in [0.15, 0.2) is 0 Å². The Hall–Kier alpha value is -1.52. The summed E-state index contributed by atoms with van der Waals surface area (Å²) in [7, 11) is -3.57. The molecule has 0 bridgehead atoms. The molecule has 21 heavy (non-hydrogen) atoms. The van der Waals surface area contributed by atoms with Crippen molar-refractivity contribution in [2.75, 3.05) is 10.6 Å². The quantitative estimate of drug-likeness (QED) is 0.849. The Morgan fingerprint density at radius 2 is 1.71 bits per heavy atom. The van der Waals surface area contributed by atoms with Crippen molar-refractivity contribution in [3.8, 4) is 0 Å². The Morgan fingerprint density at radius 3 is 2.33 bits per heavy atom. The van der Waals surface area contributed by atoms with Gasteiger partial charge in [-0.25, -0.2) is 8.42 Å². The highest BCUT2D eigenvalue weighted by molar-refractivity contribution is 7.92. The van der Waals surface area contributed by atoms with Gasteiger partial charge in [-0.3, -0.25) is 4.72 Å². The standard InChI is InChI=1S/C16H18ClNO2S/c1-12-4-3-5-16(13(12)2)18-21(19,20)15-8-6-14(7-9-15)10-11-17/h3-9,18H,10-11H2,1-2H3. The molecule has 0 amide bonds. The van der Waals surface area contributed by atoms with Gasteiger partial charge in [0, 0.05) is 5.88 Å². The Balaban J connectivity index is 2.27. The molecule has 0 unspecified atom stereocenters. The topological polar surface area (TPSA) is 46.2 Å². The summed E-state index contributed by atoms with van der Waals surface area (Å²) in [5.41, 5.74) is 3.61. The number of sulfonamides is 1. The van der Waals surface area contributed by atoms with Crippen LogP contribution in [0.5, 0.6) is 0 Å². The number of hydrogen-bond donors (Lipinski definition) is 1. The first-order valence-corrected chi connectivity index (χ1v) is 8.70. The fourth-order valence-corrected chi connectivity index (χ4v) is 3.35. The molecule has 0 saturated heterocycles. The third-order valence-electron chi connectivity index (χ3n) is 3.47. The molecule has 1 N–H and O–H groups in total. The zero-order chi connectivity index (χ0) is 15.5. The minimum absolute atomic E-state index is 0.252. The predicted octanol–water partition coefficient (Wildman–Crippen LogP) is 3.89. The maximum atomic E-state index is 12.4. The summed E-state index contributed by atoms with van der Waals surface area (Å²) < 4.78 is 27.4. The molecule has 3 nitrogen and oxygen atoms in total. The summed E-state index contributed by atoms with van der Waals surface area (Å²) in [4.78, 5) is 0.252. The van der Waals surface area contributed by atoms with E-state index in [2.05, 4.69) is 4.72 Å². The molecule has 0 aliphatic heterocycles. The first kappa shape index (κ1) is 15.9. The van der Waals surface area contributed by atoms with E-state index in [0.717, 1.165) is 23.1 Å². The summed E-state index contributed by atoms with van der Waals surface area (Å²) in [6.07, 6.45) is 0.728. The van der Waals surface area contributed by atoms with Gasteiger partial charge in [0.2, 0.25) is 0 Å². The van der Waals surface area contributed by atoms with Crippen LogP contribution < -0.4 is 4.72 Å². The number of hydrogen-bond acceptors (Lipinski definition) is 2. The van der Waals surface area contributed by atoms with E-state index in [-0.39, 0.29) is 4.90 Å². The maximum Gasteiger partial charge on any atom is 0.261 e. The van der Waals surface area contributed by atoms with Gasteiger partial charge in [-0.15, -0.1) is 11.6 Å². The van der Waals surface area contributed by atoms with Crippen molar-refractivity contribution < 1.29 is 8.42 Å². The monoisotopic (exact) mass is 323 g/mol. The largest absolute Gasteiger partial charge is 0.279 e. The number of anilines is 1. The maximum absolute atomic E-state index is 12.4. The molecule has 0 atom stereocenters. The second-order valence-corrected chi connectivity index (χ2v) is 7.00. The number of alkyl halides is 1. The third kappa shape index (κ3) is 3.77. The molecule has 0 radical (unpaired) electrons. The van der Waals surface area contributed by atoms with E-state index in [1.165, 1.54) is 0 Å². The van der Waals surface area contributed by atoms with Crippen LogP contribution in [-0.4, -0.2) is 14.3 Å². The van der Waals surface area contributed by atoms with Gasteiger partial charge < -0.3 is 0 Å². The molecule has 0 fully saturated rings. The zero-order valence-corrected chi connectivity index (χ0v) is 13.6. The van der Waals surface area contributed by atoms with E-state index in [1.54, 1.807) is 30.3 Å². The molecule has 112 valence electrons. The number of rotatable bonds is 5. The Kier molecular flexibility index (Phi) is 4.91. The molecule has 2 aromatic carbocycles. The number of halogens is 1. The van der Waals surface area contributed by atoms with E-state index >= 15 is 0 Å². The highest BCUT2D eigenvalue weighted by Gasteiger charge is 2.15. The summed E-state index contributed by atoms with van der Waals surface area (Å²) in [6, 6.07) is 12.4. The van der Waals surface area contributed by atoms with E-state index in [4.69, 9.17) is 11.6 Å². The molecule has 2 aromatic rings. The van der Waals surface area contributed by atoms with Gasteiger partial charge in [-0.1, -0.05) is 24.3 Å². The first-order valence-electron chi connectivity index (χ1n) is 6.68. The summed E-state index contributed by atoms with van der Waals surface area (Å²) in [6.45, 7) is 3.85. The van der Waals surface area contributed by atoms with Crippen LogP contribution in [0, 0.1) is 13.8 Å². The Morgan fingerprint density at radius 1 is 1.05 bits per heavy atom. The van der Waals surface area contributed by atoms with Crippen LogP contribution in [0.3, 0.4) is 0 Å². The lowest BCUT2D eigenvalue weighted by Gasteiger charge is -2.12. The van der Waals surface area contributed by atoms with Crippen LogP contribution in [0.25, 0.3) is 0 Å². The van der Waals surface area contributed by atoms with Crippen molar-refractivity contribution in [3.63, 3.8) is 0 Å². The average molecular weight is 324 g/mol. The summed E-state index contributed by atoms with van der Waals surface area (Å²) >= 11 is 5.67. The fourth-order valence-electron chi connectivity index (χ4n) is 2.01. The number of benzene rings is 2. The third-order valence-corrected chi connectivity index (χ3v) is 5.04. The van der Waals surface area contributed by atoms with Crippen LogP contribution in [0.15, 0.2) is 47.4 Å². The highest BCUT2D eigenvalue weighted by Crippen LogP contribution is 2.22. The van der Waals surface area contributed by atoms with Crippen molar-refractivity contribution >= 4 is 27.3 Å². The molecule has 0 aliphatic carbocycles. The summed E-state index contributed by atoms with van der Waals surface area (Å²) in [5, 5.41) is 0. The smallest absolute Gasteiger partial charge is 0.261 e. The van der Waals surface area contributed by atoms with Gasteiger partial charge in [-0.2, -0.15) is 0 Å². The molecule has 0 aliphatic rings. The predicted molar refractivity (Wildman–Crippen MR) is 87.6 cm³/mol. The van der Waals surface area contributed by atoms with E-state index in [0.29, 0.717) is 11.6 Å². The second-order valence-electron chi connectivity index (χ2n) is 4.94. The van der Waals surface area contributed by atoms with Crippen molar-refractivity contribution in [3.05, 3.63) is 59.2 Å². The van der Waals surface area contributed by atoms with Crippen molar-refractivity contribution in [1.29, 1.82) is 0 Å². The van der Waals surface area contributed by atoms with Crippen LogP contribution >= 0.6 is 11.6 Å². The average Bonchev–Trinajstić information content (AvgIpc) is 2.45. The van der Waals surface area contributed by atoms with Gasteiger partial charge in [-0.05, 0) is 55.2 Å². The number of nitrogens with one attached hydrogen (secondary N) is 1. The van der Waals surface area contributed by atoms with Crippen molar-refractivity contribution in [2.45, 2.75) is 25.2 Å². The molecule has 2 rings (SSSR count). The van der Waals surface area contributed by atoms with Gasteiger partial charge >= 0.3 is 0 Å². The lowest BCUT2D eigenvalue weighted by atomic mass is 10.1. The van der Waals surface area contributed by atoms with Gasteiger partial charge in [0.1, 0.15) is 0 Å². The van der Waals surface area contributed by atoms with Crippen molar-refractivity contribution in [2.24, 2.45) is 0 Å². The normalized spacial score (nSPS) is 11.4. The van der Waals surface area contributed by atoms with E-state index in [1.807, 2.05) is 26.0 Å².